The highest BCUT2D eigenvalue weighted by atomic mass is 16.5. The Labute approximate surface area is 96.4 Å². The van der Waals surface area contributed by atoms with Gasteiger partial charge in [-0.1, -0.05) is 56.0 Å². The number of ether oxygens (including phenoxy) is 1. The molecule has 0 radical (unpaired) electrons. The first kappa shape index (κ1) is 10.7. The molecule has 0 aliphatic rings. The Morgan fingerprint density at radius 3 is 2.75 bits per heavy atom. The number of fused-ring (bicyclic) bond motifs is 1. The highest BCUT2D eigenvalue weighted by Crippen LogP contribution is 2.30. The summed E-state index contributed by atoms with van der Waals surface area (Å²) in [5.74, 6) is 0.954. The van der Waals surface area contributed by atoms with Gasteiger partial charge in [-0.2, -0.15) is 0 Å². The van der Waals surface area contributed by atoms with E-state index in [4.69, 9.17) is 4.74 Å². The Hall–Kier alpha value is -1.76. The van der Waals surface area contributed by atoms with Gasteiger partial charge in [0, 0.05) is 10.9 Å². The largest absolute Gasteiger partial charge is 0.492 e. The van der Waals surface area contributed by atoms with Gasteiger partial charge in [0.05, 0.1) is 6.61 Å². The number of hydrogen-bond donors (Lipinski definition) is 0. The fourth-order valence-electron chi connectivity index (χ4n) is 1.79. The van der Waals surface area contributed by atoms with E-state index in [1.165, 1.54) is 5.39 Å². The lowest BCUT2D eigenvalue weighted by Gasteiger charge is -2.11. The van der Waals surface area contributed by atoms with Gasteiger partial charge >= 0.3 is 0 Å². The maximum absolute atomic E-state index is 5.82. The molecule has 0 aliphatic carbocycles. The Balaban J connectivity index is 2.58. The zero-order valence-corrected chi connectivity index (χ0v) is 9.57. The molecule has 0 fully saturated rings. The van der Waals surface area contributed by atoms with E-state index in [-0.39, 0.29) is 0 Å². The third-order valence-corrected chi connectivity index (χ3v) is 2.58. The second-order valence-corrected chi connectivity index (χ2v) is 3.76. The number of hydrogen-bond acceptors (Lipinski definition) is 1. The van der Waals surface area contributed by atoms with Crippen molar-refractivity contribution in [3.8, 4) is 5.75 Å². The fourth-order valence-corrected chi connectivity index (χ4v) is 1.79. The molecule has 0 atom stereocenters. The van der Waals surface area contributed by atoms with Gasteiger partial charge < -0.3 is 4.74 Å². The molecule has 0 unspecified atom stereocenters. The normalized spacial score (nSPS) is 10.3. The fraction of sp³-hybridized carbons (Fsp3) is 0.200. The Morgan fingerprint density at radius 2 is 2.00 bits per heavy atom. The third-order valence-electron chi connectivity index (χ3n) is 2.58. The lowest BCUT2D eigenvalue weighted by atomic mass is 10.1. The van der Waals surface area contributed by atoms with Crippen LogP contribution in [0, 0.1) is 0 Å². The van der Waals surface area contributed by atoms with Crippen molar-refractivity contribution in [2.24, 2.45) is 0 Å². The molecule has 0 N–H and O–H groups in total. The van der Waals surface area contributed by atoms with Crippen molar-refractivity contribution in [3.05, 3.63) is 48.5 Å². The van der Waals surface area contributed by atoms with Gasteiger partial charge in [-0.15, -0.1) is 0 Å². The minimum atomic E-state index is 0.745. The first-order chi connectivity index (χ1) is 7.86. The topological polar surface area (TPSA) is 9.23 Å². The van der Waals surface area contributed by atoms with Gasteiger partial charge in [0.1, 0.15) is 5.75 Å². The quantitative estimate of drug-likeness (QED) is 0.735. The van der Waals surface area contributed by atoms with Crippen molar-refractivity contribution >= 4 is 16.8 Å². The van der Waals surface area contributed by atoms with Gasteiger partial charge in [0.2, 0.25) is 0 Å². The summed E-state index contributed by atoms with van der Waals surface area (Å²) in [5, 5.41) is 2.37. The Bertz CT molecular complexity index is 500. The average Bonchev–Trinajstić information content (AvgIpc) is 2.35. The van der Waals surface area contributed by atoms with E-state index in [9.17, 15) is 0 Å². The summed E-state index contributed by atoms with van der Waals surface area (Å²) in [6.45, 7) is 6.68. The zero-order valence-electron chi connectivity index (χ0n) is 9.57. The van der Waals surface area contributed by atoms with Crippen molar-refractivity contribution < 1.29 is 4.74 Å². The van der Waals surface area contributed by atoms with Crippen LogP contribution in [-0.2, 0) is 0 Å². The summed E-state index contributed by atoms with van der Waals surface area (Å²) < 4.78 is 5.82. The van der Waals surface area contributed by atoms with Crippen LogP contribution < -0.4 is 4.74 Å². The minimum absolute atomic E-state index is 0.745. The van der Waals surface area contributed by atoms with E-state index in [0.29, 0.717) is 0 Å². The minimum Gasteiger partial charge on any atom is -0.492 e. The second kappa shape index (κ2) is 4.84. The van der Waals surface area contributed by atoms with Gasteiger partial charge in [-0.05, 0) is 11.8 Å². The third kappa shape index (κ3) is 1.94. The maximum Gasteiger partial charge on any atom is 0.134 e. The molecular weight excluding hydrogens is 196 g/mol. The van der Waals surface area contributed by atoms with E-state index < -0.39 is 0 Å². The predicted molar refractivity (Wildman–Crippen MR) is 69.8 cm³/mol. The van der Waals surface area contributed by atoms with E-state index in [1.807, 2.05) is 18.2 Å². The highest BCUT2D eigenvalue weighted by molar-refractivity contribution is 5.91. The van der Waals surface area contributed by atoms with Crippen molar-refractivity contribution in [1.82, 2.24) is 0 Å². The molecule has 2 aromatic carbocycles. The first-order valence-electron chi connectivity index (χ1n) is 5.63. The summed E-state index contributed by atoms with van der Waals surface area (Å²) in [5.41, 5.74) is 1.06. The summed E-state index contributed by atoms with van der Waals surface area (Å²) in [4.78, 5) is 0. The molecule has 16 heavy (non-hydrogen) atoms. The second-order valence-electron chi connectivity index (χ2n) is 3.76. The summed E-state index contributed by atoms with van der Waals surface area (Å²) >= 11 is 0. The molecule has 2 rings (SSSR count). The molecule has 2 aromatic rings. The standard InChI is InChI=1S/C15H16O/c1-3-11-16-15-12(4-2)9-10-13-7-5-6-8-14(13)15/h4-10H,2-3,11H2,1H3. The van der Waals surface area contributed by atoms with E-state index in [1.54, 1.807) is 0 Å². The molecule has 0 aliphatic heterocycles. The smallest absolute Gasteiger partial charge is 0.134 e. The molecular formula is C15H16O. The van der Waals surface area contributed by atoms with Crippen molar-refractivity contribution in [1.29, 1.82) is 0 Å². The molecule has 0 spiro atoms. The molecule has 0 heterocycles. The van der Waals surface area contributed by atoms with Crippen LogP contribution in [0.25, 0.3) is 16.8 Å². The van der Waals surface area contributed by atoms with Crippen LogP contribution >= 0.6 is 0 Å². The monoisotopic (exact) mass is 212 g/mol. The molecule has 1 heteroatoms. The van der Waals surface area contributed by atoms with E-state index in [0.717, 1.165) is 29.7 Å². The summed E-state index contributed by atoms with van der Waals surface area (Å²) in [6.07, 6.45) is 2.86. The van der Waals surface area contributed by atoms with E-state index in [2.05, 4.69) is 37.8 Å². The molecule has 0 bridgehead atoms. The number of benzene rings is 2. The summed E-state index contributed by atoms with van der Waals surface area (Å²) in [7, 11) is 0. The highest BCUT2D eigenvalue weighted by Gasteiger charge is 2.05. The maximum atomic E-state index is 5.82. The van der Waals surface area contributed by atoms with Gasteiger partial charge in [0.25, 0.3) is 0 Å². The molecule has 82 valence electrons. The van der Waals surface area contributed by atoms with Gasteiger partial charge in [-0.25, -0.2) is 0 Å². The molecule has 0 saturated heterocycles. The van der Waals surface area contributed by atoms with Crippen LogP contribution in [0.5, 0.6) is 5.75 Å². The molecule has 0 amide bonds. The van der Waals surface area contributed by atoms with Crippen LogP contribution in [0.3, 0.4) is 0 Å². The van der Waals surface area contributed by atoms with Crippen molar-refractivity contribution in [2.45, 2.75) is 13.3 Å². The van der Waals surface area contributed by atoms with Crippen LogP contribution in [-0.4, -0.2) is 6.61 Å². The predicted octanol–water partition coefficient (Wildman–Crippen LogP) is 4.27. The molecule has 0 saturated carbocycles. The van der Waals surface area contributed by atoms with Gasteiger partial charge in [0.15, 0.2) is 0 Å². The Morgan fingerprint density at radius 1 is 1.19 bits per heavy atom. The van der Waals surface area contributed by atoms with Crippen molar-refractivity contribution in [3.63, 3.8) is 0 Å². The Kier molecular flexibility index (Phi) is 3.25. The average molecular weight is 212 g/mol. The van der Waals surface area contributed by atoms with Crippen LogP contribution in [0.15, 0.2) is 43.0 Å². The van der Waals surface area contributed by atoms with E-state index >= 15 is 0 Å². The summed E-state index contributed by atoms with van der Waals surface area (Å²) in [6, 6.07) is 12.4. The number of rotatable bonds is 4. The molecule has 0 aromatic heterocycles. The van der Waals surface area contributed by atoms with Crippen LogP contribution in [0.2, 0.25) is 0 Å². The van der Waals surface area contributed by atoms with Crippen molar-refractivity contribution in [2.75, 3.05) is 6.61 Å². The SMILES string of the molecule is C=Cc1ccc2ccccc2c1OCCC. The lowest BCUT2D eigenvalue weighted by Crippen LogP contribution is -1.97. The van der Waals surface area contributed by atoms with Gasteiger partial charge in [-0.3, -0.25) is 0 Å². The lowest BCUT2D eigenvalue weighted by molar-refractivity contribution is 0.320. The van der Waals surface area contributed by atoms with Crippen LogP contribution in [0.4, 0.5) is 0 Å². The first-order valence-corrected chi connectivity index (χ1v) is 5.63. The van der Waals surface area contributed by atoms with Crippen LogP contribution in [0.1, 0.15) is 18.9 Å². The zero-order chi connectivity index (χ0) is 11.4. The molecule has 1 nitrogen and oxygen atoms in total.